The molecular formula is C16H32ClN3O3. The van der Waals surface area contributed by atoms with Crippen molar-refractivity contribution in [2.24, 2.45) is 5.73 Å². The fraction of sp³-hybridized carbons (Fsp3) is 0.875. The first-order chi connectivity index (χ1) is 10.6. The SMILES string of the molecule is CCN(CC)C(=O)CCC(=O)N1CCC(OCCCN)CC1.Cl. The average Bonchev–Trinajstić information content (AvgIpc) is 2.54. The first-order valence-corrected chi connectivity index (χ1v) is 8.49. The van der Waals surface area contributed by atoms with Crippen LogP contribution in [-0.2, 0) is 14.3 Å². The van der Waals surface area contributed by atoms with Crippen molar-refractivity contribution in [3.63, 3.8) is 0 Å². The van der Waals surface area contributed by atoms with Crippen molar-refractivity contribution in [3.05, 3.63) is 0 Å². The van der Waals surface area contributed by atoms with E-state index in [1.54, 1.807) is 4.90 Å². The minimum absolute atomic E-state index is 0. The van der Waals surface area contributed by atoms with Gasteiger partial charge in [0.25, 0.3) is 0 Å². The Kier molecular flexibility index (Phi) is 12.1. The number of carbonyl (C=O) groups excluding carboxylic acids is 2. The van der Waals surface area contributed by atoms with Crippen LogP contribution in [0.15, 0.2) is 0 Å². The zero-order chi connectivity index (χ0) is 16.4. The number of hydrogen-bond donors (Lipinski definition) is 1. The third-order valence-electron chi connectivity index (χ3n) is 4.17. The summed E-state index contributed by atoms with van der Waals surface area (Å²) in [5, 5.41) is 0. The first kappa shape index (κ1) is 22.1. The molecule has 1 aliphatic heterocycles. The van der Waals surface area contributed by atoms with E-state index in [-0.39, 0.29) is 30.3 Å². The predicted octanol–water partition coefficient (Wildman–Crippen LogP) is 1.41. The molecule has 1 saturated heterocycles. The molecule has 0 aromatic carbocycles. The Balaban J connectivity index is 0.00000484. The lowest BCUT2D eigenvalue weighted by Gasteiger charge is -2.32. The van der Waals surface area contributed by atoms with Crippen molar-refractivity contribution in [2.75, 3.05) is 39.3 Å². The monoisotopic (exact) mass is 349 g/mol. The molecule has 0 bridgehead atoms. The molecule has 23 heavy (non-hydrogen) atoms. The average molecular weight is 350 g/mol. The molecule has 0 aromatic rings. The smallest absolute Gasteiger partial charge is 0.223 e. The Labute approximate surface area is 146 Å². The van der Waals surface area contributed by atoms with Crippen LogP contribution in [0.25, 0.3) is 0 Å². The third-order valence-corrected chi connectivity index (χ3v) is 4.17. The Hall–Kier alpha value is -0.850. The lowest BCUT2D eigenvalue weighted by Crippen LogP contribution is -2.41. The summed E-state index contributed by atoms with van der Waals surface area (Å²) in [7, 11) is 0. The van der Waals surface area contributed by atoms with Crippen LogP contribution in [0.4, 0.5) is 0 Å². The molecule has 0 atom stereocenters. The van der Waals surface area contributed by atoms with Crippen LogP contribution in [-0.4, -0.2) is 67.0 Å². The highest BCUT2D eigenvalue weighted by Crippen LogP contribution is 2.15. The molecule has 0 spiro atoms. The van der Waals surface area contributed by atoms with Crippen LogP contribution in [0.5, 0.6) is 0 Å². The van der Waals surface area contributed by atoms with Crippen LogP contribution in [0.3, 0.4) is 0 Å². The normalized spacial score (nSPS) is 15.2. The number of halogens is 1. The number of likely N-dealkylation sites (tertiary alicyclic amines) is 1. The van der Waals surface area contributed by atoms with Crippen molar-refractivity contribution < 1.29 is 14.3 Å². The van der Waals surface area contributed by atoms with Crippen molar-refractivity contribution in [3.8, 4) is 0 Å². The van der Waals surface area contributed by atoms with Crippen LogP contribution in [0.1, 0.15) is 46.0 Å². The molecule has 136 valence electrons. The Morgan fingerprint density at radius 1 is 1.17 bits per heavy atom. The van der Waals surface area contributed by atoms with Gasteiger partial charge in [-0.05, 0) is 39.7 Å². The van der Waals surface area contributed by atoms with E-state index >= 15 is 0 Å². The van der Waals surface area contributed by atoms with Crippen LogP contribution in [0, 0.1) is 0 Å². The van der Waals surface area contributed by atoms with Gasteiger partial charge >= 0.3 is 0 Å². The first-order valence-electron chi connectivity index (χ1n) is 8.49. The number of nitrogens with two attached hydrogens (primary N) is 1. The van der Waals surface area contributed by atoms with Gasteiger partial charge in [0.05, 0.1) is 6.10 Å². The van der Waals surface area contributed by atoms with Crippen molar-refractivity contribution in [2.45, 2.75) is 52.1 Å². The summed E-state index contributed by atoms with van der Waals surface area (Å²) in [6, 6.07) is 0. The van der Waals surface area contributed by atoms with Crippen LogP contribution < -0.4 is 5.73 Å². The highest BCUT2D eigenvalue weighted by atomic mass is 35.5. The maximum Gasteiger partial charge on any atom is 0.223 e. The van der Waals surface area contributed by atoms with Gasteiger partial charge in [-0.1, -0.05) is 0 Å². The van der Waals surface area contributed by atoms with Crippen LogP contribution >= 0.6 is 12.4 Å². The Bertz CT molecular complexity index is 343. The van der Waals surface area contributed by atoms with E-state index < -0.39 is 0 Å². The van der Waals surface area contributed by atoms with E-state index in [9.17, 15) is 9.59 Å². The largest absolute Gasteiger partial charge is 0.378 e. The van der Waals surface area contributed by atoms with Gasteiger partial charge in [-0.2, -0.15) is 0 Å². The molecule has 1 aliphatic rings. The van der Waals surface area contributed by atoms with Gasteiger partial charge in [-0.3, -0.25) is 9.59 Å². The second-order valence-electron chi connectivity index (χ2n) is 5.66. The maximum atomic E-state index is 12.2. The molecule has 6 nitrogen and oxygen atoms in total. The molecule has 1 heterocycles. The second kappa shape index (κ2) is 12.6. The summed E-state index contributed by atoms with van der Waals surface area (Å²) in [5.41, 5.74) is 5.44. The van der Waals surface area contributed by atoms with Crippen molar-refractivity contribution >= 4 is 24.2 Å². The molecule has 2 amide bonds. The third kappa shape index (κ3) is 7.99. The highest BCUT2D eigenvalue weighted by molar-refractivity contribution is 5.85. The number of nitrogens with zero attached hydrogens (tertiary/aromatic N) is 2. The number of piperidine rings is 1. The molecule has 0 saturated carbocycles. The van der Waals surface area contributed by atoms with Gasteiger partial charge in [-0.15, -0.1) is 12.4 Å². The van der Waals surface area contributed by atoms with Crippen molar-refractivity contribution in [1.29, 1.82) is 0 Å². The van der Waals surface area contributed by atoms with Gasteiger partial charge in [0.1, 0.15) is 0 Å². The van der Waals surface area contributed by atoms with Gasteiger partial charge < -0.3 is 20.3 Å². The number of carbonyl (C=O) groups is 2. The fourth-order valence-corrected chi connectivity index (χ4v) is 2.71. The van der Waals surface area contributed by atoms with E-state index in [1.807, 2.05) is 18.7 Å². The van der Waals surface area contributed by atoms with E-state index in [2.05, 4.69) is 0 Å². The molecule has 0 aromatic heterocycles. The maximum absolute atomic E-state index is 12.2. The summed E-state index contributed by atoms with van der Waals surface area (Å²) >= 11 is 0. The molecule has 7 heteroatoms. The predicted molar refractivity (Wildman–Crippen MR) is 93.6 cm³/mol. The zero-order valence-electron chi connectivity index (χ0n) is 14.5. The van der Waals surface area contributed by atoms with E-state index in [0.29, 0.717) is 39.1 Å². The molecular weight excluding hydrogens is 318 g/mol. The summed E-state index contributed by atoms with van der Waals surface area (Å²) in [4.78, 5) is 27.7. The molecule has 1 fully saturated rings. The topological polar surface area (TPSA) is 75.9 Å². The van der Waals surface area contributed by atoms with Crippen molar-refractivity contribution in [1.82, 2.24) is 9.80 Å². The zero-order valence-corrected chi connectivity index (χ0v) is 15.3. The fourth-order valence-electron chi connectivity index (χ4n) is 2.71. The molecule has 0 unspecified atom stereocenters. The number of ether oxygens (including phenoxy) is 1. The summed E-state index contributed by atoms with van der Waals surface area (Å²) in [6.45, 7) is 8.13. The van der Waals surface area contributed by atoms with Crippen LogP contribution in [0.2, 0.25) is 0 Å². The summed E-state index contributed by atoms with van der Waals surface area (Å²) < 4.78 is 5.73. The minimum atomic E-state index is 0. The molecule has 0 radical (unpaired) electrons. The minimum Gasteiger partial charge on any atom is -0.378 e. The Morgan fingerprint density at radius 3 is 2.30 bits per heavy atom. The molecule has 1 rings (SSSR count). The number of rotatable bonds is 9. The molecule has 2 N–H and O–H groups in total. The quantitative estimate of drug-likeness (QED) is 0.639. The van der Waals surface area contributed by atoms with Gasteiger partial charge in [-0.25, -0.2) is 0 Å². The standard InChI is InChI=1S/C16H31N3O3.ClH/c1-3-18(4-2)15(20)6-7-16(21)19-11-8-14(9-12-19)22-13-5-10-17;/h14H,3-13,17H2,1-2H3;1H. The van der Waals surface area contributed by atoms with E-state index in [1.165, 1.54) is 0 Å². The summed E-state index contributed by atoms with van der Waals surface area (Å²) in [6.07, 6.45) is 3.50. The molecule has 0 aliphatic carbocycles. The van der Waals surface area contributed by atoms with E-state index in [4.69, 9.17) is 10.5 Å². The number of hydrogen-bond acceptors (Lipinski definition) is 4. The lowest BCUT2D eigenvalue weighted by atomic mass is 10.1. The van der Waals surface area contributed by atoms with Gasteiger partial charge in [0.15, 0.2) is 0 Å². The van der Waals surface area contributed by atoms with Gasteiger partial charge in [0, 0.05) is 45.6 Å². The number of amides is 2. The highest BCUT2D eigenvalue weighted by Gasteiger charge is 2.23. The summed E-state index contributed by atoms with van der Waals surface area (Å²) in [5.74, 6) is 0.152. The van der Waals surface area contributed by atoms with Gasteiger partial charge in [0.2, 0.25) is 11.8 Å². The lowest BCUT2D eigenvalue weighted by molar-refractivity contribution is -0.138. The Morgan fingerprint density at radius 2 is 1.78 bits per heavy atom. The van der Waals surface area contributed by atoms with E-state index in [0.717, 1.165) is 32.4 Å². The second-order valence-corrected chi connectivity index (χ2v) is 5.66.